The fourth-order valence-electron chi connectivity index (χ4n) is 0.771. The van der Waals surface area contributed by atoms with Crippen LogP contribution in [0.3, 0.4) is 0 Å². The number of hydrogen-bond donors (Lipinski definition) is 0. The molecule has 0 fully saturated rings. The molecule has 72 valence electrons. The molecule has 1 aromatic carbocycles. The maximum absolute atomic E-state index is 12.5. The van der Waals surface area contributed by atoms with Crippen molar-refractivity contribution in [3.05, 3.63) is 29.6 Å². The van der Waals surface area contributed by atoms with E-state index in [1.54, 1.807) is 0 Å². The van der Waals surface area contributed by atoms with Gasteiger partial charge in [0.1, 0.15) is 23.4 Å². The van der Waals surface area contributed by atoms with Gasteiger partial charge in [0, 0.05) is 6.07 Å². The van der Waals surface area contributed by atoms with Crippen LogP contribution in [0.1, 0.15) is 5.56 Å². The lowest BCUT2D eigenvalue weighted by Crippen LogP contribution is -2.05. The van der Waals surface area contributed by atoms with Gasteiger partial charge in [-0.15, -0.1) is 0 Å². The Kier molecular flexibility index (Phi) is 2.66. The molecule has 0 aliphatic heterocycles. The van der Waals surface area contributed by atoms with Gasteiger partial charge < -0.3 is 4.29 Å². The molecule has 0 saturated heterocycles. The van der Waals surface area contributed by atoms with E-state index in [2.05, 4.69) is 4.29 Å². The highest BCUT2D eigenvalue weighted by Crippen LogP contribution is 2.32. The summed E-state index contributed by atoms with van der Waals surface area (Å²) >= 11 is 4.79. The molecule has 0 aliphatic rings. The molecule has 0 saturated carbocycles. The summed E-state index contributed by atoms with van der Waals surface area (Å²) < 4.78 is 52.5. The Hall–Kier alpha value is -0.970. The van der Waals surface area contributed by atoms with Crippen molar-refractivity contribution in [2.75, 3.05) is 0 Å². The summed E-state index contributed by atoms with van der Waals surface area (Å²) in [6, 6.07) is 1.72. The Morgan fingerprint density at radius 2 is 1.77 bits per heavy atom. The van der Waals surface area contributed by atoms with Gasteiger partial charge in [0.2, 0.25) is 0 Å². The molecule has 0 bridgehead atoms. The Morgan fingerprint density at radius 1 is 1.15 bits per heavy atom. The molecule has 0 heterocycles. The van der Waals surface area contributed by atoms with Gasteiger partial charge >= 0.3 is 6.18 Å². The largest absolute Gasteiger partial charge is 0.416 e. The van der Waals surface area contributed by atoms with E-state index in [1.807, 2.05) is 0 Å². The van der Waals surface area contributed by atoms with Crippen molar-refractivity contribution in [3.8, 4) is 5.75 Å². The monoisotopic (exact) mass is 214 g/mol. The summed E-state index contributed by atoms with van der Waals surface area (Å²) in [5.41, 5.74) is -1.14. The third-order valence-electron chi connectivity index (χ3n) is 1.29. The zero-order valence-corrected chi connectivity index (χ0v) is 6.79. The first-order chi connectivity index (χ1) is 5.93. The van der Waals surface area contributed by atoms with Gasteiger partial charge in [0.05, 0.1) is 5.56 Å². The van der Waals surface area contributed by atoms with E-state index < -0.39 is 17.6 Å². The average Bonchev–Trinajstić information content (AvgIpc) is 2.01. The summed E-state index contributed by atoms with van der Waals surface area (Å²) in [5.74, 6) is -1.43. The van der Waals surface area contributed by atoms with Crippen molar-refractivity contribution in [3.63, 3.8) is 0 Å². The van der Waals surface area contributed by atoms with Gasteiger partial charge in [-0.05, 0) is 12.1 Å². The predicted molar refractivity (Wildman–Crippen MR) is 37.9 cm³/mol. The smallest absolute Gasteiger partial charge is 0.385 e. The average molecular weight is 215 g/mol. The molecule has 0 aromatic heterocycles. The second kappa shape index (κ2) is 3.41. The highest BCUT2D eigenvalue weighted by atomic mass is 35.5. The molecule has 6 heteroatoms. The summed E-state index contributed by atoms with van der Waals surface area (Å²) in [7, 11) is 0. The first kappa shape index (κ1) is 10.1. The van der Waals surface area contributed by atoms with Gasteiger partial charge in [-0.3, -0.25) is 0 Å². The van der Waals surface area contributed by atoms with Gasteiger partial charge in [-0.2, -0.15) is 13.2 Å². The minimum Gasteiger partial charge on any atom is -0.385 e. The highest BCUT2D eigenvalue weighted by Gasteiger charge is 2.31. The number of benzene rings is 1. The molecule has 1 nitrogen and oxygen atoms in total. The first-order valence-electron chi connectivity index (χ1n) is 3.10. The SMILES string of the molecule is Fc1cc(OCl)cc(C(F)(F)F)c1. The molecular weight excluding hydrogens is 212 g/mol. The highest BCUT2D eigenvalue weighted by molar-refractivity contribution is 6.09. The van der Waals surface area contributed by atoms with E-state index in [1.165, 1.54) is 0 Å². The van der Waals surface area contributed by atoms with Crippen LogP contribution in [0.2, 0.25) is 0 Å². The maximum atomic E-state index is 12.5. The van der Waals surface area contributed by atoms with E-state index in [9.17, 15) is 17.6 Å². The molecule has 0 aliphatic carbocycles. The van der Waals surface area contributed by atoms with Gasteiger partial charge in [-0.1, -0.05) is 0 Å². The topological polar surface area (TPSA) is 9.23 Å². The minimum absolute atomic E-state index is 0.361. The van der Waals surface area contributed by atoms with Crippen LogP contribution < -0.4 is 4.29 Å². The molecule has 0 atom stereocenters. The molecular formula is C7H3ClF4O. The summed E-state index contributed by atoms with van der Waals surface area (Å²) in [5, 5.41) is 0. The van der Waals surface area contributed by atoms with E-state index in [4.69, 9.17) is 11.9 Å². The van der Waals surface area contributed by atoms with Crippen molar-refractivity contribution < 1.29 is 21.9 Å². The van der Waals surface area contributed by atoms with E-state index in [0.29, 0.717) is 12.1 Å². The van der Waals surface area contributed by atoms with Crippen molar-refractivity contribution in [1.82, 2.24) is 0 Å². The van der Waals surface area contributed by atoms with Crippen LogP contribution in [0.15, 0.2) is 18.2 Å². The summed E-state index contributed by atoms with van der Waals surface area (Å²) in [6.45, 7) is 0. The standard InChI is InChI=1S/C7H3ClF4O/c8-13-6-2-4(7(10,11)12)1-5(9)3-6/h1-3H. The molecule has 0 unspecified atom stereocenters. The Morgan fingerprint density at radius 3 is 2.23 bits per heavy atom. The molecule has 0 spiro atoms. The molecule has 0 amide bonds. The van der Waals surface area contributed by atoms with Crippen LogP contribution in [-0.4, -0.2) is 0 Å². The van der Waals surface area contributed by atoms with Crippen molar-refractivity contribution in [1.29, 1.82) is 0 Å². The molecule has 0 radical (unpaired) electrons. The van der Waals surface area contributed by atoms with E-state index in [0.717, 1.165) is 6.07 Å². The van der Waals surface area contributed by atoms with Gasteiger partial charge in [0.25, 0.3) is 0 Å². The summed E-state index contributed by atoms with van der Waals surface area (Å²) in [6.07, 6.45) is -4.60. The first-order valence-corrected chi connectivity index (χ1v) is 3.41. The number of hydrogen-bond acceptors (Lipinski definition) is 1. The lowest BCUT2D eigenvalue weighted by atomic mass is 10.2. The zero-order chi connectivity index (χ0) is 10.1. The normalized spacial score (nSPS) is 11.5. The van der Waals surface area contributed by atoms with Crippen LogP contribution in [0, 0.1) is 5.82 Å². The molecule has 1 rings (SSSR count). The molecule has 13 heavy (non-hydrogen) atoms. The Balaban J connectivity index is 3.16. The molecule has 0 N–H and O–H groups in total. The maximum Gasteiger partial charge on any atom is 0.416 e. The fourth-order valence-corrected chi connectivity index (χ4v) is 0.860. The van der Waals surface area contributed by atoms with Crippen LogP contribution in [-0.2, 0) is 6.18 Å². The lowest BCUT2D eigenvalue weighted by Gasteiger charge is -2.07. The third kappa shape index (κ3) is 2.48. The Bertz CT molecular complexity index is 310. The van der Waals surface area contributed by atoms with E-state index >= 15 is 0 Å². The van der Waals surface area contributed by atoms with Crippen LogP contribution in [0.4, 0.5) is 17.6 Å². The van der Waals surface area contributed by atoms with E-state index in [-0.39, 0.29) is 5.75 Å². The second-order valence-corrected chi connectivity index (χ2v) is 2.40. The van der Waals surface area contributed by atoms with Gasteiger partial charge in [0.15, 0.2) is 0 Å². The second-order valence-electron chi connectivity index (χ2n) is 2.25. The van der Waals surface area contributed by atoms with Crippen LogP contribution in [0.5, 0.6) is 5.75 Å². The zero-order valence-electron chi connectivity index (χ0n) is 6.03. The number of alkyl halides is 3. The quantitative estimate of drug-likeness (QED) is 0.651. The predicted octanol–water partition coefficient (Wildman–Crippen LogP) is 3.38. The Labute approximate surface area is 76.0 Å². The summed E-state index contributed by atoms with van der Waals surface area (Å²) in [4.78, 5) is 0. The molecule has 1 aromatic rings. The minimum atomic E-state index is -4.60. The van der Waals surface area contributed by atoms with Crippen molar-refractivity contribution in [2.45, 2.75) is 6.18 Å². The number of halogens is 5. The van der Waals surface area contributed by atoms with Gasteiger partial charge in [-0.25, -0.2) is 4.39 Å². The number of rotatable bonds is 1. The van der Waals surface area contributed by atoms with Crippen molar-refractivity contribution in [2.24, 2.45) is 0 Å². The van der Waals surface area contributed by atoms with Crippen molar-refractivity contribution >= 4 is 11.9 Å². The fraction of sp³-hybridized carbons (Fsp3) is 0.143. The van der Waals surface area contributed by atoms with Crippen LogP contribution >= 0.6 is 11.9 Å². The lowest BCUT2D eigenvalue weighted by molar-refractivity contribution is -0.137. The van der Waals surface area contributed by atoms with Crippen LogP contribution in [0.25, 0.3) is 0 Å². The third-order valence-corrected chi connectivity index (χ3v) is 1.47.